The average molecular weight is 237 g/mol. The molecule has 1 aromatic carbocycles. The fourth-order valence-electron chi connectivity index (χ4n) is 1.89. The van der Waals surface area contributed by atoms with Crippen molar-refractivity contribution in [3.8, 4) is 11.5 Å². The van der Waals surface area contributed by atoms with Gasteiger partial charge in [-0.25, -0.2) is 0 Å². The molecule has 0 fully saturated rings. The number of rotatable bonds is 5. The number of nitrogens with two attached hydrogens (primary N) is 1. The van der Waals surface area contributed by atoms with Gasteiger partial charge in [0.25, 0.3) is 0 Å². The van der Waals surface area contributed by atoms with E-state index < -0.39 is 0 Å². The summed E-state index contributed by atoms with van der Waals surface area (Å²) in [7, 11) is 3.36. The summed E-state index contributed by atoms with van der Waals surface area (Å²) in [5, 5.41) is 0. The lowest BCUT2D eigenvalue weighted by molar-refractivity contribution is 0.383. The van der Waals surface area contributed by atoms with Crippen LogP contribution in [0.3, 0.4) is 0 Å². The van der Waals surface area contributed by atoms with Crippen molar-refractivity contribution in [3.63, 3.8) is 0 Å². The molecular weight excluding hydrogens is 214 g/mol. The van der Waals surface area contributed by atoms with Gasteiger partial charge in [0.05, 0.1) is 14.2 Å². The predicted octanol–water partition coefficient (Wildman–Crippen LogP) is 2.68. The Bertz CT molecular complexity index is 381. The number of benzene rings is 1. The normalized spacial score (nSPS) is 11.4. The lowest BCUT2D eigenvalue weighted by Crippen LogP contribution is -2.32. The third-order valence-corrected chi connectivity index (χ3v) is 2.90. The van der Waals surface area contributed by atoms with E-state index >= 15 is 0 Å². The van der Waals surface area contributed by atoms with E-state index in [1.54, 1.807) is 14.2 Å². The van der Waals surface area contributed by atoms with E-state index in [1.165, 1.54) is 5.56 Å². The van der Waals surface area contributed by atoms with Crippen molar-refractivity contribution >= 4 is 0 Å². The number of aryl methyl sites for hydroxylation is 1. The molecule has 17 heavy (non-hydrogen) atoms. The summed E-state index contributed by atoms with van der Waals surface area (Å²) in [6.45, 7) is 6.08. The Morgan fingerprint density at radius 3 is 2.29 bits per heavy atom. The van der Waals surface area contributed by atoms with Gasteiger partial charge in [0.15, 0.2) is 0 Å². The molecule has 1 rings (SSSR count). The maximum Gasteiger partial charge on any atom is 0.128 e. The van der Waals surface area contributed by atoms with Crippen LogP contribution in [0.15, 0.2) is 12.1 Å². The van der Waals surface area contributed by atoms with Crippen LogP contribution in [0.1, 0.15) is 31.4 Å². The highest BCUT2D eigenvalue weighted by atomic mass is 16.5. The van der Waals surface area contributed by atoms with Crippen LogP contribution in [0.2, 0.25) is 0 Å². The lowest BCUT2D eigenvalue weighted by atomic mass is 9.95. The first-order valence-electron chi connectivity index (χ1n) is 5.88. The summed E-state index contributed by atoms with van der Waals surface area (Å²) in [5.74, 6) is 1.77. The van der Waals surface area contributed by atoms with Crippen LogP contribution in [0.4, 0.5) is 0 Å². The number of methoxy groups -OCH3 is 2. The van der Waals surface area contributed by atoms with Crippen LogP contribution < -0.4 is 15.2 Å². The predicted molar refractivity (Wildman–Crippen MR) is 70.9 cm³/mol. The summed E-state index contributed by atoms with van der Waals surface area (Å²) in [4.78, 5) is 0. The molecule has 0 unspecified atom stereocenters. The molecule has 0 spiro atoms. The largest absolute Gasteiger partial charge is 0.496 e. The highest BCUT2D eigenvalue weighted by Gasteiger charge is 2.15. The summed E-state index contributed by atoms with van der Waals surface area (Å²) >= 11 is 0. The second-order valence-corrected chi connectivity index (χ2v) is 5.07. The van der Waals surface area contributed by atoms with Crippen molar-refractivity contribution in [2.45, 2.75) is 39.2 Å². The number of hydrogen-bond acceptors (Lipinski definition) is 3. The van der Waals surface area contributed by atoms with Crippen molar-refractivity contribution in [2.24, 2.45) is 5.73 Å². The second-order valence-electron chi connectivity index (χ2n) is 5.07. The van der Waals surface area contributed by atoms with Crippen LogP contribution in [0.5, 0.6) is 11.5 Å². The van der Waals surface area contributed by atoms with Gasteiger partial charge >= 0.3 is 0 Å². The SMILES string of the molecule is COc1ccc(CCC(C)(C)N)c(OC)c1C. The van der Waals surface area contributed by atoms with Crippen LogP contribution in [0, 0.1) is 6.92 Å². The Morgan fingerprint density at radius 1 is 1.18 bits per heavy atom. The van der Waals surface area contributed by atoms with Gasteiger partial charge in [-0.15, -0.1) is 0 Å². The molecule has 0 aliphatic carbocycles. The zero-order valence-electron chi connectivity index (χ0n) is 11.5. The fraction of sp³-hybridized carbons (Fsp3) is 0.571. The molecule has 1 aromatic rings. The molecular formula is C14H23NO2. The van der Waals surface area contributed by atoms with Gasteiger partial charge in [-0.1, -0.05) is 6.07 Å². The van der Waals surface area contributed by atoms with E-state index in [0.717, 1.165) is 29.9 Å². The first kappa shape index (κ1) is 13.8. The van der Waals surface area contributed by atoms with Gasteiger partial charge in [0.2, 0.25) is 0 Å². The topological polar surface area (TPSA) is 44.5 Å². The number of hydrogen-bond donors (Lipinski definition) is 1. The van der Waals surface area contributed by atoms with E-state index in [0.29, 0.717) is 0 Å². The van der Waals surface area contributed by atoms with E-state index in [-0.39, 0.29) is 5.54 Å². The third kappa shape index (κ3) is 3.63. The third-order valence-electron chi connectivity index (χ3n) is 2.90. The molecule has 0 saturated heterocycles. The summed E-state index contributed by atoms with van der Waals surface area (Å²) in [6, 6.07) is 4.03. The standard InChI is InChI=1S/C14H23NO2/c1-10-12(16-4)7-6-11(13(10)17-5)8-9-14(2,3)15/h6-7H,8-9,15H2,1-5H3. The Labute approximate surface area is 104 Å². The Morgan fingerprint density at radius 2 is 1.82 bits per heavy atom. The zero-order chi connectivity index (χ0) is 13.1. The first-order valence-corrected chi connectivity index (χ1v) is 5.88. The van der Waals surface area contributed by atoms with Crippen LogP contribution in [-0.4, -0.2) is 19.8 Å². The van der Waals surface area contributed by atoms with Crippen LogP contribution >= 0.6 is 0 Å². The molecule has 0 saturated carbocycles. The molecule has 0 aromatic heterocycles. The summed E-state index contributed by atoms with van der Waals surface area (Å²) in [5.41, 5.74) is 8.08. The zero-order valence-corrected chi connectivity index (χ0v) is 11.5. The van der Waals surface area contributed by atoms with Gasteiger partial charge in [-0.3, -0.25) is 0 Å². The highest BCUT2D eigenvalue weighted by molar-refractivity contribution is 5.49. The molecule has 0 radical (unpaired) electrons. The van der Waals surface area contributed by atoms with Gasteiger partial charge in [-0.2, -0.15) is 0 Å². The van der Waals surface area contributed by atoms with Gasteiger partial charge in [0, 0.05) is 11.1 Å². The van der Waals surface area contributed by atoms with Gasteiger partial charge in [-0.05, 0) is 45.2 Å². The monoisotopic (exact) mass is 237 g/mol. The smallest absolute Gasteiger partial charge is 0.128 e. The molecule has 2 N–H and O–H groups in total. The van der Waals surface area contributed by atoms with Crippen LogP contribution in [-0.2, 0) is 6.42 Å². The van der Waals surface area contributed by atoms with E-state index in [2.05, 4.69) is 6.07 Å². The van der Waals surface area contributed by atoms with Crippen molar-refractivity contribution in [1.29, 1.82) is 0 Å². The second kappa shape index (κ2) is 5.41. The molecule has 3 heteroatoms. The van der Waals surface area contributed by atoms with Crippen molar-refractivity contribution < 1.29 is 9.47 Å². The molecule has 0 aliphatic rings. The van der Waals surface area contributed by atoms with E-state index in [4.69, 9.17) is 15.2 Å². The summed E-state index contributed by atoms with van der Waals surface area (Å²) < 4.78 is 10.7. The maximum atomic E-state index is 6.00. The lowest BCUT2D eigenvalue weighted by Gasteiger charge is -2.20. The maximum absolute atomic E-state index is 6.00. The molecule has 96 valence electrons. The summed E-state index contributed by atoms with van der Waals surface area (Å²) in [6.07, 6.45) is 1.84. The van der Waals surface area contributed by atoms with Crippen molar-refractivity contribution in [2.75, 3.05) is 14.2 Å². The number of ether oxygens (including phenoxy) is 2. The molecule has 0 heterocycles. The first-order chi connectivity index (χ1) is 7.89. The van der Waals surface area contributed by atoms with Crippen LogP contribution in [0.25, 0.3) is 0 Å². The van der Waals surface area contributed by atoms with E-state index in [1.807, 2.05) is 26.8 Å². The molecule has 0 bridgehead atoms. The average Bonchev–Trinajstić information content (AvgIpc) is 2.25. The molecule has 0 amide bonds. The highest BCUT2D eigenvalue weighted by Crippen LogP contribution is 2.32. The molecule has 3 nitrogen and oxygen atoms in total. The fourth-order valence-corrected chi connectivity index (χ4v) is 1.89. The minimum absolute atomic E-state index is 0.154. The van der Waals surface area contributed by atoms with Gasteiger partial charge in [0.1, 0.15) is 11.5 Å². The van der Waals surface area contributed by atoms with Crippen molar-refractivity contribution in [1.82, 2.24) is 0 Å². The van der Waals surface area contributed by atoms with Crippen molar-refractivity contribution in [3.05, 3.63) is 23.3 Å². The Balaban J connectivity index is 2.97. The Kier molecular flexibility index (Phi) is 4.40. The quantitative estimate of drug-likeness (QED) is 0.856. The molecule has 0 atom stereocenters. The Hall–Kier alpha value is -1.22. The minimum atomic E-state index is -0.154. The molecule has 0 aliphatic heterocycles. The van der Waals surface area contributed by atoms with E-state index in [9.17, 15) is 0 Å². The van der Waals surface area contributed by atoms with Gasteiger partial charge < -0.3 is 15.2 Å². The minimum Gasteiger partial charge on any atom is -0.496 e.